The minimum Gasteiger partial charge on any atom is -0.497 e. The number of allylic oxidation sites excluding steroid dienone is 1. The van der Waals surface area contributed by atoms with Crippen LogP contribution in [0, 0.1) is 11.8 Å². The summed E-state index contributed by atoms with van der Waals surface area (Å²) in [5, 5.41) is 13.7. The fourth-order valence-electron chi connectivity index (χ4n) is 8.17. The second kappa shape index (κ2) is 16.6. The van der Waals surface area contributed by atoms with Crippen LogP contribution in [0.3, 0.4) is 0 Å². The van der Waals surface area contributed by atoms with Gasteiger partial charge in [0.15, 0.2) is 0 Å². The highest BCUT2D eigenvalue weighted by Gasteiger charge is 2.75. The molecule has 6 rings (SSSR count). The van der Waals surface area contributed by atoms with Crippen molar-refractivity contribution in [3.63, 3.8) is 0 Å². The number of aliphatic hydroxyl groups is 1. The summed E-state index contributed by atoms with van der Waals surface area (Å²) in [5.74, 6) is -3.12. The average molecular weight is 722 g/mol. The molecule has 3 heterocycles. The van der Waals surface area contributed by atoms with Gasteiger partial charge in [-0.05, 0) is 61.1 Å². The first-order chi connectivity index (χ1) is 25.8. The van der Waals surface area contributed by atoms with Crippen molar-refractivity contribution >= 4 is 29.4 Å². The zero-order valence-electron chi connectivity index (χ0n) is 30.0. The standard InChI is InChI=1S/C42H47N3O8/c1-4-6-17-35(47)43-26-34(29-15-11-8-12-16-29)52-41(50)36-33-22-23-42(53-33)37(36)39(48)45(31(27-46)25-28-13-9-7-10-14-28)38(42)40(49)44(24-5-2)30-18-20-32(51-3)21-19-30/h4-5,7-16,18-21,31,33-34,36-38,46H,1-2,6,17,22-27H2,3H3,(H,43,47)/t31-,33-,34+,36+,37+,38-,42+/m1/s1. The van der Waals surface area contributed by atoms with Crippen molar-refractivity contribution in [1.29, 1.82) is 0 Å². The van der Waals surface area contributed by atoms with Gasteiger partial charge >= 0.3 is 5.97 Å². The Morgan fingerprint density at radius 1 is 1.04 bits per heavy atom. The number of methoxy groups -OCH3 is 1. The number of ether oxygens (including phenoxy) is 3. The molecule has 3 aliphatic heterocycles. The molecule has 2 N–H and O–H groups in total. The van der Waals surface area contributed by atoms with Crippen LogP contribution in [0.4, 0.5) is 5.69 Å². The highest BCUT2D eigenvalue weighted by Crippen LogP contribution is 2.59. The quantitative estimate of drug-likeness (QED) is 0.153. The molecule has 3 amide bonds. The molecule has 1 spiro atoms. The number of hydrogen-bond acceptors (Lipinski definition) is 8. The number of aliphatic hydroxyl groups excluding tert-OH is 1. The van der Waals surface area contributed by atoms with E-state index in [1.165, 1.54) is 4.90 Å². The summed E-state index contributed by atoms with van der Waals surface area (Å²) in [5.41, 5.74) is 0.773. The van der Waals surface area contributed by atoms with Crippen molar-refractivity contribution < 1.29 is 38.5 Å². The summed E-state index contributed by atoms with van der Waals surface area (Å²) >= 11 is 0. The van der Waals surface area contributed by atoms with Crippen LogP contribution in [-0.4, -0.2) is 84.3 Å². The molecule has 7 atom stereocenters. The Balaban J connectivity index is 1.36. The lowest BCUT2D eigenvalue weighted by Crippen LogP contribution is -2.59. The van der Waals surface area contributed by atoms with E-state index in [-0.39, 0.29) is 31.8 Å². The molecule has 0 aliphatic carbocycles. The number of anilines is 1. The lowest BCUT2D eigenvalue weighted by atomic mass is 9.70. The number of hydrogen-bond donors (Lipinski definition) is 2. The van der Waals surface area contributed by atoms with Gasteiger partial charge in [-0.2, -0.15) is 0 Å². The Labute approximate surface area is 310 Å². The normalized spacial score (nSPS) is 23.8. The van der Waals surface area contributed by atoms with Gasteiger partial charge in [-0.3, -0.25) is 19.2 Å². The van der Waals surface area contributed by atoms with Crippen LogP contribution in [0.2, 0.25) is 0 Å². The van der Waals surface area contributed by atoms with Crippen LogP contribution in [0.5, 0.6) is 5.75 Å². The summed E-state index contributed by atoms with van der Waals surface area (Å²) in [6, 6.07) is 23.6. The molecule has 3 aliphatic rings. The van der Waals surface area contributed by atoms with Gasteiger partial charge in [-0.15, -0.1) is 13.2 Å². The van der Waals surface area contributed by atoms with Crippen LogP contribution in [0.25, 0.3) is 0 Å². The van der Waals surface area contributed by atoms with E-state index in [0.29, 0.717) is 36.3 Å². The number of nitrogens with zero attached hydrogens (tertiary/aromatic N) is 2. The Morgan fingerprint density at radius 3 is 2.38 bits per heavy atom. The molecule has 3 saturated heterocycles. The van der Waals surface area contributed by atoms with E-state index in [4.69, 9.17) is 14.2 Å². The monoisotopic (exact) mass is 721 g/mol. The summed E-state index contributed by atoms with van der Waals surface area (Å²) < 4.78 is 18.2. The number of esters is 1. The Kier molecular flexibility index (Phi) is 11.7. The van der Waals surface area contributed by atoms with Gasteiger partial charge in [0.1, 0.15) is 23.5 Å². The maximum Gasteiger partial charge on any atom is 0.313 e. The summed E-state index contributed by atoms with van der Waals surface area (Å²) in [6.45, 7) is 7.31. The van der Waals surface area contributed by atoms with E-state index >= 15 is 4.79 Å². The molecule has 0 radical (unpaired) electrons. The molecular formula is C42H47N3O8. The largest absolute Gasteiger partial charge is 0.497 e. The third-order valence-electron chi connectivity index (χ3n) is 10.6. The molecule has 11 heteroatoms. The van der Waals surface area contributed by atoms with Crippen LogP contribution < -0.4 is 15.0 Å². The molecule has 278 valence electrons. The second-order valence-electron chi connectivity index (χ2n) is 13.7. The zero-order valence-corrected chi connectivity index (χ0v) is 30.0. The highest BCUT2D eigenvalue weighted by atomic mass is 16.6. The van der Waals surface area contributed by atoms with Crippen LogP contribution in [0.15, 0.2) is 110 Å². The van der Waals surface area contributed by atoms with E-state index in [2.05, 4.69) is 18.5 Å². The molecule has 53 heavy (non-hydrogen) atoms. The zero-order chi connectivity index (χ0) is 37.5. The van der Waals surface area contributed by atoms with E-state index in [9.17, 15) is 19.5 Å². The van der Waals surface area contributed by atoms with Crippen molar-refractivity contribution in [2.24, 2.45) is 11.8 Å². The molecule has 0 saturated carbocycles. The number of rotatable bonds is 17. The maximum absolute atomic E-state index is 15.0. The van der Waals surface area contributed by atoms with Crippen molar-refractivity contribution in [1.82, 2.24) is 10.2 Å². The Hall–Kier alpha value is -5.26. The number of amides is 3. The minimum atomic E-state index is -1.35. The lowest BCUT2D eigenvalue weighted by Gasteiger charge is -2.39. The number of nitrogens with one attached hydrogen (secondary N) is 1. The number of carbonyl (C=O) groups excluding carboxylic acids is 4. The van der Waals surface area contributed by atoms with Gasteiger partial charge in [0, 0.05) is 18.7 Å². The Bertz CT molecular complexity index is 1780. The topological polar surface area (TPSA) is 135 Å². The van der Waals surface area contributed by atoms with E-state index in [1.807, 2.05) is 60.7 Å². The van der Waals surface area contributed by atoms with Crippen LogP contribution >= 0.6 is 0 Å². The van der Waals surface area contributed by atoms with E-state index in [1.54, 1.807) is 48.4 Å². The van der Waals surface area contributed by atoms with Gasteiger partial charge in [0.25, 0.3) is 5.91 Å². The number of benzene rings is 3. The van der Waals surface area contributed by atoms with Gasteiger partial charge in [0.05, 0.1) is 44.2 Å². The number of carbonyl (C=O) groups is 4. The summed E-state index contributed by atoms with van der Waals surface area (Å²) in [4.78, 5) is 59.9. The van der Waals surface area contributed by atoms with E-state index < -0.39 is 66.1 Å². The summed E-state index contributed by atoms with van der Waals surface area (Å²) in [7, 11) is 1.56. The number of fused-ring (bicyclic) bond motifs is 1. The van der Waals surface area contributed by atoms with Crippen molar-refractivity contribution in [2.45, 2.75) is 62.0 Å². The summed E-state index contributed by atoms with van der Waals surface area (Å²) in [6.07, 6.45) is 3.60. The molecule has 0 unspecified atom stereocenters. The van der Waals surface area contributed by atoms with Crippen LogP contribution in [-0.2, 0) is 35.1 Å². The first-order valence-corrected chi connectivity index (χ1v) is 18.1. The highest BCUT2D eigenvalue weighted by molar-refractivity contribution is 6.05. The third-order valence-corrected chi connectivity index (χ3v) is 10.6. The van der Waals surface area contributed by atoms with Gasteiger partial charge in [0.2, 0.25) is 11.8 Å². The maximum atomic E-state index is 15.0. The van der Waals surface area contributed by atoms with Gasteiger partial charge < -0.3 is 34.4 Å². The SMILES string of the molecule is C=CCCC(=O)NC[C@H](OC(=O)[C@@H]1[C@H]2C(=O)N([C@@H](CO)Cc3ccccc3)[C@H](C(=O)N(CC=C)c3ccc(OC)cc3)[C@]23CC[C@H]1O3)c1ccccc1. The predicted molar refractivity (Wildman–Crippen MR) is 199 cm³/mol. The van der Waals surface area contributed by atoms with Gasteiger partial charge in [-0.1, -0.05) is 72.8 Å². The molecule has 11 nitrogen and oxygen atoms in total. The number of likely N-dealkylation sites (tertiary alicyclic amines) is 1. The fraction of sp³-hybridized carbons (Fsp3) is 0.381. The smallest absolute Gasteiger partial charge is 0.313 e. The average Bonchev–Trinajstić information content (AvgIpc) is 3.84. The van der Waals surface area contributed by atoms with Crippen molar-refractivity contribution in [3.8, 4) is 5.75 Å². The molecule has 2 bridgehead atoms. The first kappa shape index (κ1) is 37.5. The first-order valence-electron chi connectivity index (χ1n) is 18.1. The Morgan fingerprint density at radius 2 is 1.74 bits per heavy atom. The molecule has 0 aromatic heterocycles. The lowest BCUT2D eigenvalue weighted by molar-refractivity contribution is -0.161. The van der Waals surface area contributed by atoms with E-state index in [0.717, 1.165) is 5.56 Å². The van der Waals surface area contributed by atoms with Crippen molar-refractivity contribution in [3.05, 3.63) is 121 Å². The minimum absolute atomic E-state index is 0.0308. The fourth-order valence-corrected chi connectivity index (χ4v) is 8.17. The van der Waals surface area contributed by atoms with Gasteiger partial charge in [-0.25, -0.2) is 0 Å². The van der Waals surface area contributed by atoms with Crippen LogP contribution in [0.1, 0.15) is 42.9 Å². The van der Waals surface area contributed by atoms with Crippen molar-refractivity contribution in [2.75, 3.05) is 31.7 Å². The predicted octanol–water partition coefficient (Wildman–Crippen LogP) is 4.56. The second-order valence-corrected chi connectivity index (χ2v) is 13.7. The molecule has 3 aromatic rings. The molecule has 3 fully saturated rings. The molecule has 3 aromatic carbocycles. The molecular weight excluding hydrogens is 674 g/mol. The third kappa shape index (κ3) is 7.49.